The van der Waals surface area contributed by atoms with Gasteiger partial charge in [0.05, 0.1) is 5.69 Å². The molecule has 1 unspecified atom stereocenters. The molecule has 3 rings (SSSR count). The van der Waals surface area contributed by atoms with E-state index in [9.17, 15) is 9.59 Å². The number of anilines is 1. The minimum atomic E-state index is -0.195. The minimum absolute atomic E-state index is 0.101. The van der Waals surface area contributed by atoms with Crippen molar-refractivity contribution >= 4 is 11.6 Å². The number of hydrogen-bond donors (Lipinski definition) is 2. The molecule has 2 aromatic heterocycles. The number of aromatic amines is 1. The van der Waals surface area contributed by atoms with Crippen molar-refractivity contribution in [2.75, 3.05) is 5.32 Å². The maximum absolute atomic E-state index is 12.4. The highest BCUT2D eigenvalue weighted by molar-refractivity contribution is 5.92. The molecule has 0 spiro atoms. The predicted octanol–water partition coefficient (Wildman–Crippen LogP) is 1.16. The Morgan fingerprint density at radius 3 is 3.14 bits per heavy atom. The number of imidazole rings is 1. The van der Waals surface area contributed by atoms with Crippen LogP contribution >= 0.6 is 0 Å². The monoisotopic (exact) mass is 286 g/mol. The Morgan fingerprint density at radius 1 is 1.52 bits per heavy atom. The van der Waals surface area contributed by atoms with Crippen LogP contribution < -0.4 is 10.9 Å². The first-order valence-corrected chi connectivity index (χ1v) is 7.05. The number of H-pyrrole nitrogens is 1. The van der Waals surface area contributed by atoms with Crippen LogP contribution in [0.4, 0.5) is 5.69 Å². The van der Waals surface area contributed by atoms with Crippen LogP contribution in [0.3, 0.4) is 0 Å². The van der Waals surface area contributed by atoms with E-state index in [1.807, 2.05) is 6.92 Å². The van der Waals surface area contributed by atoms with Gasteiger partial charge in [-0.15, -0.1) is 0 Å². The number of pyridine rings is 1. The molecule has 0 aliphatic heterocycles. The van der Waals surface area contributed by atoms with Gasteiger partial charge in [0, 0.05) is 31.3 Å². The van der Waals surface area contributed by atoms with Crippen LogP contribution in [0.2, 0.25) is 0 Å². The third kappa shape index (κ3) is 2.61. The van der Waals surface area contributed by atoms with Crippen LogP contribution in [0.5, 0.6) is 0 Å². The smallest absolute Gasteiger partial charge is 0.274 e. The van der Waals surface area contributed by atoms with Crippen LogP contribution in [0, 0.1) is 12.8 Å². The first-order chi connectivity index (χ1) is 10.0. The Morgan fingerprint density at radius 2 is 2.33 bits per heavy atom. The van der Waals surface area contributed by atoms with Crippen LogP contribution in [0.25, 0.3) is 0 Å². The van der Waals surface area contributed by atoms with Gasteiger partial charge in [-0.1, -0.05) is 0 Å². The number of aryl methyl sites for hydroxylation is 3. The van der Waals surface area contributed by atoms with E-state index >= 15 is 0 Å². The van der Waals surface area contributed by atoms with E-state index in [1.165, 1.54) is 4.57 Å². The molecule has 21 heavy (non-hydrogen) atoms. The lowest BCUT2D eigenvalue weighted by Gasteiger charge is -2.20. The summed E-state index contributed by atoms with van der Waals surface area (Å²) in [4.78, 5) is 31.9. The molecule has 0 saturated heterocycles. The molecule has 2 heterocycles. The van der Waals surface area contributed by atoms with Gasteiger partial charge in [-0.3, -0.25) is 9.59 Å². The van der Waals surface area contributed by atoms with Crippen LogP contribution in [0.15, 0.2) is 23.1 Å². The molecule has 1 aliphatic rings. The summed E-state index contributed by atoms with van der Waals surface area (Å²) in [6.45, 7) is 1.92. The summed E-state index contributed by atoms with van der Waals surface area (Å²) >= 11 is 0. The molecule has 1 atom stereocenters. The Hall–Kier alpha value is -2.37. The minimum Gasteiger partial charge on any atom is -0.346 e. The lowest BCUT2D eigenvalue weighted by molar-refractivity contribution is -0.120. The number of rotatable bonds is 2. The van der Waals surface area contributed by atoms with E-state index in [0.29, 0.717) is 12.1 Å². The largest absolute Gasteiger partial charge is 0.346 e. The summed E-state index contributed by atoms with van der Waals surface area (Å²) in [5, 5.41) is 2.75. The lowest BCUT2D eigenvalue weighted by atomic mass is 9.89. The maximum atomic E-state index is 12.4. The number of hydrogen-bond acceptors (Lipinski definition) is 3. The average Bonchev–Trinajstić information content (AvgIpc) is 2.82. The SMILES string of the molecule is Cc1nc2c([nH]1)CC(C(=O)Nc1cccn(C)c1=O)CC2. The second-order valence-electron chi connectivity index (χ2n) is 5.51. The zero-order chi connectivity index (χ0) is 15.0. The number of nitrogens with one attached hydrogen (secondary N) is 2. The molecule has 0 fully saturated rings. The van der Waals surface area contributed by atoms with Gasteiger partial charge in [0.15, 0.2) is 0 Å². The summed E-state index contributed by atoms with van der Waals surface area (Å²) in [7, 11) is 1.66. The molecule has 0 aromatic carbocycles. The first-order valence-electron chi connectivity index (χ1n) is 7.05. The number of fused-ring (bicyclic) bond motifs is 1. The van der Waals surface area contributed by atoms with Crippen LogP contribution in [-0.4, -0.2) is 20.4 Å². The first kappa shape index (κ1) is 13.6. The van der Waals surface area contributed by atoms with Crippen molar-refractivity contribution in [3.05, 3.63) is 45.9 Å². The molecule has 6 nitrogen and oxygen atoms in total. The fraction of sp³-hybridized carbons (Fsp3) is 0.400. The van der Waals surface area contributed by atoms with Gasteiger partial charge >= 0.3 is 0 Å². The third-order valence-corrected chi connectivity index (χ3v) is 3.91. The van der Waals surface area contributed by atoms with Gasteiger partial charge in [-0.2, -0.15) is 0 Å². The molecule has 0 saturated carbocycles. The second-order valence-corrected chi connectivity index (χ2v) is 5.51. The van der Waals surface area contributed by atoms with Crippen molar-refractivity contribution in [2.24, 2.45) is 13.0 Å². The summed E-state index contributed by atoms with van der Waals surface area (Å²) in [6, 6.07) is 3.38. The van der Waals surface area contributed by atoms with E-state index < -0.39 is 0 Å². The van der Waals surface area contributed by atoms with Crippen molar-refractivity contribution in [3.63, 3.8) is 0 Å². The third-order valence-electron chi connectivity index (χ3n) is 3.91. The Labute approximate surface area is 122 Å². The molecule has 1 aliphatic carbocycles. The summed E-state index contributed by atoms with van der Waals surface area (Å²) in [5.41, 5.74) is 2.24. The van der Waals surface area contributed by atoms with Crippen molar-refractivity contribution in [3.8, 4) is 0 Å². The van der Waals surface area contributed by atoms with E-state index in [2.05, 4.69) is 15.3 Å². The number of aromatic nitrogens is 3. The fourth-order valence-corrected chi connectivity index (χ4v) is 2.77. The van der Waals surface area contributed by atoms with Crippen molar-refractivity contribution < 1.29 is 4.79 Å². The fourth-order valence-electron chi connectivity index (χ4n) is 2.77. The molecule has 0 bridgehead atoms. The number of carbonyl (C=O) groups excluding carboxylic acids is 1. The standard InChI is InChI=1S/C15H18N4O2/c1-9-16-11-6-5-10(8-13(11)17-9)14(20)18-12-4-3-7-19(2)15(12)21/h3-4,7,10H,5-6,8H2,1-2H3,(H,16,17)(H,18,20). The average molecular weight is 286 g/mol. The maximum Gasteiger partial charge on any atom is 0.274 e. The van der Waals surface area contributed by atoms with E-state index in [4.69, 9.17) is 0 Å². The normalized spacial score (nSPS) is 17.3. The van der Waals surface area contributed by atoms with Crippen LogP contribution in [0.1, 0.15) is 23.6 Å². The van der Waals surface area contributed by atoms with Gasteiger partial charge < -0.3 is 14.9 Å². The van der Waals surface area contributed by atoms with Gasteiger partial charge in [-0.05, 0) is 31.9 Å². The summed E-state index contributed by atoms with van der Waals surface area (Å²) in [5.74, 6) is 0.663. The molecular weight excluding hydrogens is 268 g/mol. The second kappa shape index (κ2) is 5.20. The Balaban J connectivity index is 1.75. The quantitative estimate of drug-likeness (QED) is 0.869. The predicted molar refractivity (Wildman–Crippen MR) is 79.2 cm³/mol. The molecule has 2 N–H and O–H groups in total. The Kier molecular flexibility index (Phi) is 3.37. The molecule has 110 valence electrons. The topological polar surface area (TPSA) is 79.8 Å². The highest BCUT2D eigenvalue weighted by atomic mass is 16.2. The Bertz CT molecular complexity index is 744. The molecule has 0 radical (unpaired) electrons. The van der Waals surface area contributed by atoms with Gasteiger partial charge in [-0.25, -0.2) is 4.98 Å². The summed E-state index contributed by atoms with van der Waals surface area (Å²) in [6.07, 6.45) is 3.87. The molecule has 2 aromatic rings. The van der Waals surface area contributed by atoms with E-state index in [1.54, 1.807) is 25.4 Å². The number of carbonyl (C=O) groups is 1. The zero-order valence-electron chi connectivity index (χ0n) is 12.1. The van der Waals surface area contributed by atoms with Crippen molar-refractivity contribution in [2.45, 2.75) is 26.2 Å². The highest BCUT2D eigenvalue weighted by Crippen LogP contribution is 2.24. The van der Waals surface area contributed by atoms with Gasteiger partial charge in [0.1, 0.15) is 11.5 Å². The summed E-state index contributed by atoms with van der Waals surface area (Å²) < 4.78 is 1.45. The molecular formula is C15H18N4O2. The number of nitrogens with zero attached hydrogens (tertiary/aromatic N) is 2. The number of amides is 1. The van der Waals surface area contributed by atoms with Gasteiger partial charge in [0.2, 0.25) is 5.91 Å². The highest BCUT2D eigenvalue weighted by Gasteiger charge is 2.27. The zero-order valence-corrected chi connectivity index (χ0v) is 12.1. The molecule has 1 amide bonds. The van der Waals surface area contributed by atoms with Crippen molar-refractivity contribution in [1.29, 1.82) is 0 Å². The van der Waals surface area contributed by atoms with E-state index in [-0.39, 0.29) is 17.4 Å². The van der Waals surface area contributed by atoms with Crippen molar-refractivity contribution in [1.82, 2.24) is 14.5 Å². The van der Waals surface area contributed by atoms with E-state index in [0.717, 1.165) is 30.1 Å². The lowest BCUT2D eigenvalue weighted by Crippen LogP contribution is -2.31. The van der Waals surface area contributed by atoms with Crippen LogP contribution in [-0.2, 0) is 24.7 Å². The van der Waals surface area contributed by atoms with Gasteiger partial charge in [0.25, 0.3) is 5.56 Å². The molecule has 6 heteroatoms.